The van der Waals surface area contributed by atoms with Crippen LogP contribution in [0.15, 0.2) is 24.7 Å². The van der Waals surface area contributed by atoms with Crippen LogP contribution in [0.2, 0.25) is 0 Å². The molecule has 1 aliphatic heterocycles. The van der Waals surface area contributed by atoms with Crippen molar-refractivity contribution in [1.82, 2.24) is 24.6 Å². The van der Waals surface area contributed by atoms with Gasteiger partial charge in [-0.3, -0.25) is 4.79 Å². The maximum Gasteiger partial charge on any atom is 0.252 e. The Morgan fingerprint density at radius 3 is 2.67 bits per heavy atom. The summed E-state index contributed by atoms with van der Waals surface area (Å²) in [6.07, 6.45) is 4.48. The van der Waals surface area contributed by atoms with Crippen molar-refractivity contribution in [3.8, 4) is 0 Å². The van der Waals surface area contributed by atoms with Crippen LogP contribution in [-0.2, 0) is 16.0 Å². The molecule has 1 fully saturated rings. The third-order valence-electron chi connectivity index (χ3n) is 5.37. The number of anilines is 2. The topological polar surface area (TPSA) is 97.5 Å². The van der Waals surface area contributed by atoms with Crippen LogP contribution in [0.3, 0.4) is 0 Å². The number of carbonyl (C=O) groups is 1. The molecule has 0 saturated carbocycles. The van der Waals surface area contributed by atoms with Gasteiger partial charge in [0, 0.05) is 30.9 Å². The number of hydrogen-bond acceptors (Lipinski definition) is 7. The molecule has 30 heavy (non-hydrogen) atoms. The average Bonchev–Trinajstić information content (AvgIpc) is 3.16. The van der Waals surface area contributed by atoms with E-state index >= 15 is 0 Å². The maximum absolute atomic E-state index is 12.5. The van der Waals surface area contributed by atoms with E-state index in [1.165, 1.54) is 6.33 Å². The number of amides is 1. The van der Waals surface area contributed by atoms with Crippen LogP contribution in [0.5, 0.6) is 0 Å². The van der Waals surface area contributed by atoms with Gasteiger partial charge >= 0.3 is 0 Å². The molecule has 1 saturated heterocycles. The molecular weight excluding hydrogens is 382 g/mol. The molecule has 9 heteroatoms. The monoisotopic (exact) mass is 409 g/mol. The summed E-state index contributed by atoms with van der Waals surface area (Å²) in [5.74, 6) is 1.41. The molecule has 0 radical (unpaired) electrons. The van der Waals surface area contributed by atoms with E-state index in [4.69, 9.17) is 4.74 Å². The first-order valence-electron chi connectivity index (χ1n) is 10.2. The predicted octanol–water partition coefficient (Wildman–Crippen LogP) is 2.32. The average molecular weight is 409 g/mol. The highest BCUT2D eigenvalue weighted by molar-refractivity contribution is 5.90. The molecule has 3 aromatic rings. The molecule has 4 heterocycles. The van der Waals surface area contributed by atoms with Gasteiger partial charge in [0.25, 0.3) is 5.78 Å². The summed E-state index contributed by atoms with van der Waals surface area (Å²) in [4.78, 5) is 27.8. The minimum absolute atomic E-state index is 0.0596. The Kier molecular flexibility index (Phi) is 5.63. The molecule has 0 aromatic carbocycles. The van der Waals surface area contributed by atoms with Crippen LogP contribution in [0.25, 0.3) is 5.78 Å². The summed E-state index contributed by atoms with van der Waals surface area (Å²) in [7, 11) is 0. The van der Waals surface area contributed by atoms with E-state index in [-0.39, 0.29) is 18.1 Å². The van der Waals surface area contributed by atoms with Gasteiger partial charge in [0.1, 0.15) is 12.1 Å². The van der Waals surface area contributed by atoms with Gasteiger partial charge < -0.3 is 15.0 Å². The smallest absolute Gasteiger partial charge is 0.252 e. The van der Waals surface area contributed by atoms with Crippen LogP contribution in [-0.4, -0.2) is 55.8 Å². The van der Waals surface area contributed by atoms with E-state index in [0.29, 0.717) is 24.3 Å². The van der Waals surface area contributed by atoms with Gasteiger partial charge in [-0.05, 0) is 51.8 Å². The number of rotatable bonds is 5. The second-order valence-electron chi connectivity index (χ2n) is 7.85. The van der Waals surface area contributed by atoms with Crippen molar-refractivity contribution in [3.63, 3.8) is 0 Å². The normalized spacial score (nSPS) is 19.3. The molecule has 1 aliphatic rings. The molecule has 0 aliphatic carbocycles. The van der Waals surface area contributed by atoms with Crippen molar-refractivity contribution < 1.29 is 9.53 Å². The minimum atomic E-state index is -0.0596. The molecular formula is C21H27N7O2. The van der Waals surface area contributed by atoms with Gasteiger partial charge in [0.15, 0.2) is 0 Å². The van der Waals surface area contributed by atoms with Crippen molar-refractivity contribution >= 4 is 23.2 Å². The van der Waals surface area contributed by atoms with Crippen molar-refractivity contribution in [1.29, 1.82) is 0 Å². The number of morpholine rings is 1. The Labute approximate surface area is 175 Å². The summed E-state index contributed by atoms with van der Waals surface area (Å²) in [6.45, 7) is 9.66. The Morgan fingerprint density at radius 2 is 1.97 bits per heavy atom. The summed E-state index contributed by atoms with van der Waals surface area (Å²) in [5.41, 5.74) is 3.55. The van der Waals surface area contributed by atoms with Crippen LogP contribution in [0, 0.1) is 13.8 Å². The van der Waals surface area contributed by atoms with Gasteiger partial charge in [-0.1, -0.05) is 0 Å². The molecule has 158 valence electrons. The van der Waals surface area contributed by atoms with Crippen LogP contribution in [0.1, 0.15) is 37.2 Å². The van der Waals surface area contributed by atoms with E-state index in [9.17, 15) is 4.79 Å². The third kappa shape index (κ3) is 4.25. The van der Waals surface area contributed by atoms with Crippen LogP contribution >= 0.6 is 0 Å². The van der Waals surface area contributed by atoms with Gasteiger partial charge in [-0.25, -0.2) is 14.5 Å². The first-order chi connectivity index (χ1) is 14.4. The van der Waals surface area contributed by atoms with Gasteiger partial charge in [0.2, 0.25) is 5.91 Å². The SMILES string of the molecule is Cc1nc2ncnn2c(C)c1CCC(=O)Nc1ccc(N2C[C@H](C)O[C@@H](C)C2)nc1. The van der Waals surface area contributed by atoms with E-state index in [0.717, 1.165) is 35.9 Å². The molecule has 2 atom stereocenters. The first-order valence-corrected chi connectivity index (χ1v) is 10.2. The highest BCUT2D eigenvalue weighted by atomic mass is 16.5. The molecule has 4 rings (SSSR count). The minimum Gasteiger partial charge on any atom is -0.372 e. The number of carbonyl (C=O) groups excluding carboxylic acids is 1. The fraction of sp³-hybridized carbons (Fsp3) is 0.476. The Hall–Kier alpha value is -3.07. The largest absolute Gasteiger partial charge is 0.372 e. The number of aryl methyl sites for hydroxylation is 2. The number of nitrogens with one attached hydrogen (secondary N) is 1. The number of pyridine rings is 1. The highest BCUT2D eigenvalue weighted by Gasteiger charge is 2.23. The predicted molar refractivity (Wildman–Crippen MR) is 114 cm³/mol. The fourth-order valence-corrected chi connectivity index (χ4v) is 3.99. The molecule has 1 N–H and O–H groups in total. The molecule has 0 unspecified atom stereocenters. The molecule has 3 aromatic heterocycles. The molecule has 1 amide bonds. The summed E-state index contributed by atoms with van der Waals surface area (Å²) in [6, 6.07) is 3.84. The summed E-state index contributed by atoms with van der Waals surface area (Å²) < 4.78 is 7.48. The zero-order valence-electron chi connectivity index (χ0n) is 17.8. The number of fused-ring (bicyclic) bond motifs is 1. The molecule has 9 nitrogen and oxygen atoms in total. The second-order valence-corrected chi connectivity index (χ2v) is 7.85. The fourth-order valence-electron chi connectivity index (χ4n) is 3.99. The third-order valence-corrected chi connectivity index (χ3v) is 5.37. The van der Waals surface area contributed by atoms with Crippen molar-refractivity contribution in [2.24, 2.45) is 0 Å². The Balaban J connectivity index is 1.36. The van der Waals surface area contributed by atoms with Crippen molar-refractivity contribution in [2.75, 3.05) is 23.3 Å². The number of nitrogens with zero attached hydrogens (tertiary/aromatic N) is 6. The van der Waals surface area contributed by atoms with Gasteiger partial charge in [0.05, 0.1) is 24.1 Å². The lowest BCUT2D eigenvalue weighted by Crippen LogP contribution is -2.45. The Morgan fingerprint density at radius 1 is 1.20 bits per heavy atom. The van der Waals surface area contributed by atoms with E-state index in [1.807, 2.05) is 26.0 Å². The zero-order chi connectivity index (χ0) is 21.3. The first kappa shape index (κ1) is 20.2. The van der Waals surface area contributed by atoms with Crippen LogP contribution in [0.4, 0.5) is 11.5 Å². The Bertz CT molecular complexity index is 1040. The van der Waals surface area contributed by atoms with Crippen molar-refractivity contribution in [3.05, 3.63) is 41.6 Å². The van der Waals surface area contributed by atoms with E-state index < -0.39 is 0 Å². The van der Waals surface area contributed by atoms with E-state index in [2.05, 4.69) is 44.1 Å². The molecule has 0 bridgehead atoms. The highest BCUT2D eigenvalue weighted by Crippen LogP contribution is 2.20. The second kappa shape index (κ2) is 8.35. The van der Waals surface area contributed by atoms with Crippen LogP contribution < -0.4 is 10.2 Å². The maximum atomic E-state index is 12.5. The number of aromatic nitrogens is 5. The van der Waals surface area contributed by atoms with Gasteiger partial charge in [-0.15, -0.1) is 0 Å². The number of ether oxygens (including phenoxy) is 1. The van der Waals surface area contributed by atoms with E-state index in [1.54, 1.807) is 10.7 Å². The summed E-state index contributed by atoms with van der Waals surface area (Å²) >= 11 is 0. The zero-order valence-corrected chi connectivity index (χ0v) is 17.8. The summed E-state index contributed by atoms with van der Waals surface area (Å²) in [5, 5.41) is 7.12. The lowest BCUT2D eigenvalue weighted by molar-refractivity contribution is -0.116. The lowest BCUT2D eigenvalue weighted by atomic mass is 10.1. The number of hydrogen-bond donors (Lipinski definition) is 1. The van der Waals surface area contributed by atoms with Gasteiger partial charge in [-0.2, -0.15) is 10.1 Å². The lowest BCUT2D eigenvalue weighted by Gasteiger charge is -2.36. The van der Waals surface area contributed by atoms with Crippen molar-refractivity contribution in [2.45, 2.75) is 52.7 Å². The quantitative estimate of drug-likeness (QED) is 0.691. The molecule has 0 spiro atoms. The standard InChI is InChI=1S/C21H27N7O2/c1-13-10-27(11-14(2)30-13)19-7-5-17(9-22-19)26-20(29)8-6-18-15(3)25-21-23-12-24-28(21)16(18)4/h5,7,9,12-14H,6,8,10-11H2,1-4H3,(H,26,29)/t13-,14-/m0/s1.